The van der Waals surface area contributed by atoms with E-state index in [4.69, 9.17) is 9.47 Å². The summed E-state index contributed by atoms with van der Waals surface area (Å²) in [5.41, 5.74) is 0. The molecule has 5 heteroatoms. The fourth-order valence-electron chi connectivity index (χ4n) is 2.23. The maximum absolute atomic E-state index is 12.0. The van der Waals surface area contributed by atoms with Crippen molar-refractivity contribution < 1.29 is 14.3 Å². The first-order valence-corrected chi connectivity index (χ1v) is 6.93. The van der Waals surface area contributed by atoms with Gasteiger partial charge >= 0.3 is 0 Å². The lowest BCUT2D eigenvalue weighted by molar-refractivity contribution is -0.142. The summed E-state index contributed by atoms with van der Waals surface area (Å²) in [5, 5.41) is 6.16. The van der Waals surface area contributed by atoms with E-state index in [1.54, 1.807) is 0 Å². The lowest BCUT2D eigenvalue weighted by atomic mass is 9.92. The van der Waals surface area contributed by atoms with E-state index in [9.17, 15) is 4.79 Å². The number of ether oxygens (including phenoxy) is 2. The molecule has 0 aromatic carbocycles. The van der Waals surface area contributed by atoms with Gasteiger partial charge in [-0.25, -0.2) is 0 Å². The number of carbonyl (C=O) groups is 1. The molecule has 1 aliphatic heterocycles. The summed E-state index contributed by atoms with van der Waals surface area (Å²) in [6, 6.07) is -0.0809. The van der Waals surface area contributed by atoms with E-state index >= 15 is 0 Å². The molecular formula is C13H26N2O3. The number of hydrogen-bond acceptors (Lipinski definition) is 4. The highest BCUT2D eigenvalue weighted by atomic mass is 16.7. The molecule has 0 aromatic rings. The molecule has 0 aromatic heterocycles. The summed E-state index contributed by atoms with van der Waals surface area (Å²) in [7, 11) is 0. The maximum Gasteiger partial charge on any atom is 0.237 e. The third kappa shape index (κ3) is 4.92. The third-order valence-electron chi connectivity index (χ3n) is 3.20. The second-order valence-corrected chi connectivity index (χ2v) is 4.64. The van der Waals surface area contributed by atoms with Gasteiger partial charge < -0.3 is 20.1 Å². The maximum atomic E-state index is 12.0. The Balaban J connectivity index is 2.33. The first kappa shape index (κ1) is 15.4. The van der Waals surface area contributed by atoms with Crippen LogP contribution >= 0.6 is 0 Å². The van der Waals surface area contributed by atoms with Crippen molar-refractivity contribution in [1.29, 1.82) is 0 Å². The fourth-order valence-corrected chi connectivity index (χ4v) is 2.23. The Morgan fingerprint density at radius 3 is 2.61 bits per heavy atom. The molecule has 1 amide bonds. The Bertz CT molecular complexity index is 242. The summed E-state index contributed by atoms with van der Waals surface area (Å²) in [6.45, 7) is 8.43. The Hall–Kier alpha value is -0.650. The van der Waals surface area contributed by atoms with E-state index in [1.165, 1.54) is 0 Å². The zero-order chi connectivity index (χ0) is 13.4. The minimum atomic E-state index is -0.345. The summed E-state index contributed by atoms with van der Waals surface area (Å²) in [6.07, 6.45) is 1.90. The van der Waals surface area contributed by atoms with Crippen LogP contribution in [0.4, 0.5) is 0 Å². The van der Waals surface area contributed by atoms with Crippen molar-refractivity contribution in [2.24, 2.45) is 5.92 Å². The van der Waals surface area contributed by atoms with Gasteiger partial charge in [-0.2, -0.15) is 0 Å². The van der Waals surface area contributed by atoms with Crippen molar-refractivity contribution in [3.8, 4) is 0 Å². The van der Waals surface area contributed by atoms with Crippen LogP contribution in [-0.4, -0.2) is 44.5 Å². The van der Waals surface area contributed by atoms with Crippen molar-refractivity contribution in [3.05, 3.63) is 0 Å². The van der Waals surface area contributed by atoms with Crippen LogP contribution in [0.3, 0.4) is 0 Å². The summed E-state index contributed by atoms with van der Waals surface area (Å²) in [4.78, 5) is 12.0. The van der Waals surface area contributed by atoms with Crippen molar-refractivity contribution in [3.63, 3.8) is 0 Å². The van der Waals surface area contributed by atoms with E-state index in [-0.39, 0.29) is 18.2 Å². The molecule has 1 fully saturated rings. The van der Waals surface area contributed by atoms with Gasteiger partial charge in [-0.05, 0) is 39.2 Å². The van der Waals surface area contributed by atoms with Gasteiger partial charge in [0.05, 0.1) is 12.6 Å². The van der Waals surface area contributed by atoms with Gasteiger partial charge in [0.25, 0.3) is 0 Å². The molecule has 0 radical (unpaired) electrons. The van der Waals surface area contributed by atoms with Gasteiger partial charge in [0, 0.05) is 13.2 Å². The highest BCUT2D eigenvalue weighted by molar-refractivity contribution is 5.82. The molecule has 1 saturated heterocycles. The first-order chi connectivity index (χ1) is 8.69. The van der Waals surface area contributed by atoms with E-state index in [2.05, 4.69) is 17.6 Å². The predicted octanol–water partition coefficient (Wildman–Crippen LogP) is 0.890. The van der Waals surface area contributed by atoms with Gasteiger partial charge in [-0.1, -0.05) is 6.92 Å². The van der Waals surface area contributed by atoms with E-state index in [1.807, 2.05) is 13.8 Å². The van der Waals surface area contributed by atoms with Crippen molar-refractivity contribution in [2.75, 3.05) is 26.3 Å². The molecule has 0 aliphatic carbocycles. The van der Waals surface area contributed by atoms with Crippen LogP contribution in [-0.2, 0) is 14.3 Å². The van der Waals surface area contributed by atoms with Crippen LogP contribution in [0, 0.1) is 5.92 Å². The molecule has 18 heavy (non-hydrogen) atoms. The minimum Gasteiger partial charge on any atom is -0.351 e. The van der Waals surface area contributed by atoms with Crippen LogP contribution in [0.2, 0.25) is 0 Å². The Morgan fingerprint density at radius 2 is 2.06 bits per heavy atom. The largest absolute Gasteiger partial charge is 0.351 e. The lowest BCUT2D eigenvalue weighted by Gasteiger charge is -2.29. The quantitative estimate of drug-likeness (QED) is 0.666. The lowest BCUT2D eigenvalue weighted by Crippen LogP contribution is -2.52. The first-order valence-electron chi connectivity index (χ1n) is 6.93. The summed E-state index contributed by atoms with van der Waals surface area (Å²) in [5.74, 6) is 0.433. The van der Waals surface area contributed by atoms with Crippen molar-refractivity contribution in [1.82, 2.24) is 10.6 Å². The summed E-state index contributed by atoms with van der Waals surface area (Å²) >= 11 is 0. The van der Waals surface area contributed by atoms with Crippen LogP contribution < -0.4 is 10.6 Å². The Kier molecular flexibility index (Phi) is 7.23. The molecule has 0 bridgehead atoms. The molecule has 1 rings (SSSR count). The topological polar surface area (TPSA) is 59.6 Å². The molecule has 0 saturated carbocycles. The number of nitrogens with one attached hydrogen (secondary N) is 2. The zero-order valence-corrected chi connectivity index (χ0v) is 11.7. The molecule has 0 spiro atoms. The van der Waals surface area contributed by atoms with Gasteiger partial charge in [0.1, 0.15) is 0 Å². The molecule has 1 aliphatic rings. The number of carbonyl (C=O) groups excluding carboxylic acids is 1. The molecule has 2 unspecified atom stereocenters. The smallest absolute Gasteiger partial charge is 0.237 e. The Morgan fingerprint density at radius 1 is 1.39 bits per heavy atom. The zero-order valence-electron chi connectivity index (χ0n) is 11.7. The van der Waals surface area contributed by atoms with Gasteiger partial charge in [-0.15, -0.1) is 0 Å². The van der Waals surface area contributed by atoms with E-state index in [0.29, 0.717) is 25.7 Å². The number of rotatable bonds is 7. The van der Waals surface area contributed by atoms with Crippen LogP contribution in [0.15, 0.2) is 0 Å². The van der Waals surface area contributed by atoms with Crippen molar-refractivity contribution >= 4 is 5.91 Å². The van der Waals surface area contributed by atoms with Crippen molar-refractivity contribution in [2.45, 2.75) is 45.9 Å². The SMILES string of the molecule is CCOC(CNC(=O)C1NCCCC1C)OCC. The summed E-state index contributed by atoms with van der Waals surface area (Å²) < 4.78 is 10.8. The van der Waals surface area contributed by atoms with E-state index < -0.39 is 0 Å². The molecule has 5 nitrogen and oxygen atoms in total. The van der Waals surface area contributed by atoms with Gasteiger partial charge in [-0.3, -0.25) is 4.79 Å². The third-order valence-corrected chi connectivity index (χ3v) is 3.20. The molecule has 106 valence electrons. The second kappa shape index (κ2) is 8.45. The molecular weight excluding hydrogens is 232 g/mol. The fraction of sp³-hybridized carbons (Fsp3) is 0.923. The highest BCUT2D eigenvalue weighted by Crippen LogP contribution is 2.15. The number of amides is 1. The van der Waals surface area contributed by atoms with Crippen LogP contribution in [0.25, 0.3) is 0 Å². The second-order valence-electron chi connectivity index (χ2n) is 4.64. The minimum absolute atomic E-state index is 0.0478. The molecule has 1 heterocycles. The number of piperidine rings is 1. The predicted molar refractivity (Wildman–Crippen MR) is 70.2 cm³/mol. The molecule has 2 N–H and O–H groups in total. The van der Waals surface area contributed by atoms with Crippen LogP contribution in [0.1, 0.15) is 33.6 Å². The highest BCUT2D eigenvalue weighted by Gasteiger charge is 2.27. The monoisotopic (exact) mass is 258 g/mol. The van der Waals surface area contributed by atoms with Gasteiger partial charge in [0.15, 0.2) is 6.29 Å². The normalized spacial score (nSPS) is 24.2. The number of hydrogen-bond donors (Lipinski definition) is 2. The average molecular weight is 258 g/mol. The van der Waals surface area contributed by atoms with Gasteiger partial charge in [0.2, 0.25) is 5.91 Å². The Labute approximate surface area is 110 Å². The standard InChI is InChI=1S/C13H26N2O3/c1-4-17-11(18-5-2)9-15-13(16)12-10(3)7-6-8-14-12/h10-12,14H,4-9H2,1-3H3,(H,15,16). The molecule has 2 atom stereocenters. The van der Waals surface area contributed by atoms with Crippen LogP contribution in [0.5, 0.6) is 0 Å². The van der Waals surface area contributed by atoms with E-state index in [0.717, 1.165) is 19.4 Å². The average Bonchev–Trinajstić information content (AvgIpc) is 2.36.